The monoisotopic (exact) mass is 360 g/mol. The molecule has 0 aliphatic carbocycles. The maximum atomic E-state index is 12.6. The van der Waals surface area contributed by atoms with Crippen molar-refractivity contribution < 1.29 is 13.2 Å². The molecular weight excluding hydrogens is 336 g/mol. The van der Waals surface area contributed by atoms with Gasteiger partial charge in [0.2, 0.25) is 0 Å². The highest BCUT2D eigenvalue weighted by molar-refractivity contribution is 7.92. The molecule has 0 saturated carbocycles. The van der Waals surface area contributed by atoms with Gasteiger partial charge in [-0.1, -0.05) is 18.2 Å². The van der Waals surface area contributed by atoms with Crippen LogP contribution in [0, 0.1) is 6.92 Å². The van der Waals surface area contributed by atoms with E-state index in [9.17, 15) is 8.42 Å². The van der Waals surface area contributed by atoms with E-state index in [1.165, 1.54) is 0 Å². The Morgan fingerprint density at radius 2 is 1.60 bits per heavy atom. The third-order valence-corrected chi connectivity index (χ3v) is 6.01. The van der Waals surface area contributed by atoms with Crippen molar-refractivity contribution in [3.8, 4) is 0 Å². The van der Waals surface area contributed by atoms with E-state index >= 15 is 0 Å². The van der Waals surface area contributed by atoms with Gasteiger partial charge in [0.1, 0.15) is 0 Å². The third kappa shape index (κ3) is 3.80. The SMILES string of the molecule is Cc1ccccc1S(=O)(=O)Nc1ccc(N2C(C)COCC2C)cc1. The van der Waals surface area contributed by atoms with E-state index in [1.807, 2.05) is 18.2 Å². The van der Waals surface area contributed by atoms with Crippen LogP contribution in [0.5, 0.6) is 0 Å². The van der Waals surface area contributed by atoms with Gasteiger partial charge >= 0.3 is 0 Å². The second-order valence-corrected chi connectivity index (χ2v) is 8.21. The van der Waals surface area contributed by atoms with Gasteiger partial charge in [-0.3, -0.25) is 4.72 Å². The summed E-state index contributed by atoms with van der Waals surface area (Å²) in [6.07, 6.45) is 0. The Kier molecular flexibility index (Phi) is 5.01. The Morgan fingerprint density at radius 1 is 1.00 bits per heavy atom. The van der Waals surface area contributed by atoms with Crippen LogP contribution in [0.15, 0.2) is 53.4 Å². The van der Waals surface area contributed by atoms with Crippen molar-refractivity contribution in [1.29, 1.82) is 0 Å². The minimum absolute atomic E-state index is 0.290. The lowest BCUT2D eigenvalue weighted by Gasteiger charge is -2.40. The largest absolute Gasteiger partial charge is 0.377 e. The summed E-state index contributed by atoms with van der Waals surface area (Å²) in [5.74, 6) is 0. The highest BCUT2D eigenvalue weighted by Crippen LogP contribution is 2.26. The van der Waals surface area contributed by atoms with E-state index in [0.717, 1.165) is 11.3 Å². The number of morpholine rings is 1. The van der Waals surface area contributed by atoms with Crippen LogP contribution < -0.4 is 9.62 Å². The first kappa shape index (κ1) is 17.8. The Balaban J connectivity index is 1.80. The first-order valence-corrected chi connectivity index (χ1v) is 9.91. The first-order valence-electron chi connectivity index (χ1n) is 8.43. The fourth-order valence-corrected chi connectivity index (χ4v) is 4.59. The van der Waals surface area contributed by atoms with Crippen molar-refractivity contribution >= 4 is 21.4 Å². The average molecular weight is 360 g/mol. The summed E-state index contributed by atoms with van der Waals surface area (Å²) in [4.78, 5) is 2.61. The number of hydrogen-bond acceptors (Lipinski definition) is 4. The molecule has 1 aliphatic heterocycles. The molecule has 2 aromatic carbocycles. The number of ether oxygens (including phenoxy) is 1. The Morgan fingerprint density at radius 3 is 2.20 bits per heavy atom. The van der Waals surface area contributed by atoms with E-state index in [2.05, 4.69) is 23.5 Å². The van der Waals surface area contributed by atoms with Crippen molar-refractivity contribution in [3.63, 3.8) is 0 Å². The van der Waals surface area contributed by atoms with Crippen LogP contribution in [0.4, 0.5) is 11.4 Å². The van der Waals surface area contributed by atoms with Gasteiger partial charge in [-0.2, -0.15) is 0 Å². The van der Waals surface area contributed by atoms with E-state index in [-0.39, 0.29) is 0 Å². The van der Waals surface area contributed by atoms with Crippen molar-refractivity contribution in [2.75, 3.05) is 22.8 Å². The zero-order valence-electron chi connectivity index (χ0n) is 14.8. The van der Waals surface area contributed by atoms with Gasteiger partial charge in [0.25, 0.3) is 10.0 Å². The van der Waals surface area contributed by atoms with E-state index < -0.39 is 10.0 Å². The van der Waals surface area contributed by atoms with Crippen molar-refractivity contribution in [1.82, 2.24) is 0 Å². The number of sulfonamides is 1. The summed E-state index contributed by atoms with van der Waals surface area (Å²) < 4.78 is 33.4. The molecule has 1 heterocycles. The summed E-state index contributed by atoms with van der Waals surface area (Å²) in [7, 11) is -3.59. The minimum Gasteiger partial charge on any atom is -0.377 e. The minimum atomic E-state index is -3.59. The van der Waals surface area contributed by atoms with E-state index in [1.54, 1.807) is 37.3 Å². The molecule has 1 fully saturated rings. The number of nitrogens with one attached hydrogen (secondary N) is 1. The highest BCUT2D eigenvalue weighted by atomic mass is 32.2. The first-order chi connectivity index (χ1) is 11.9. The maximum Gasteiger partial charge on any atom is 0.262 e. The Bertz CT molecular complexity index is 824. The van der Waals surface area contributed by atoms with Gasteiger partial charge in [-0.15, -0.1) is 0 Å². The second kappa shape index (κ2) is 7.06. The van der Waals surface area contributed by atoms with Gasteiger partial charge in [0.05, 0.1) is 18.1 Å². The van der Waals surface area contributed by atoms with Crippen LogP contribution in [-0.4, -0.2) is 33.7 Å². The van der Waals surface area contributed by atoms with Gasteiger partial charge < -0.3 is 9.64 Å². The molecule has 2 aromatic rings. The number of hydrogen-bond donors (Lipinski definition) is 1. The molecule has 1 aliphatic rings. The normalized spacial score (nSPS) is 21.2. The topological polar surface area (TPSA) is 58.6 Å². The molecule has 1 N–H and O–H groups in total. The summed E-state index contributed by atoms with van der Waals surface area (Å²) >= 11 is 0. The number of nitrogens with zero attached hydrogens (tertiary/aromatic N) is 1. The van der Waals surface area contributed by atoms with E-state index in [0.29, 0.717) is 35.9 Å². The molecule has 0 spiro atoms. The smallest absolute Gasteiger partial charge is 0.262 e. The molecular formula is C19H24N2O3S. The van der Waals surface area contributed by atoms with Crippen LogP contribution >= 0.6 is 0 Å². The number of aryl methyl sites for hydroxylation is 1. The van der Waals surface area contributed by atoms with Crippen LogP contribution in [0.3, 0.4) is 0 Å². The van der Waals surface area contributed by atoms with Crippen molar-refractivity contribution in [2.45, 2.75) is 37.8 Å². The van der Waals surface area contributed by atoms with Gasteiger partial charge in [-0.25, -0.2) is 8.42 Å². The number of benzene rings is 2. The molecule has 2 atom stereocenters. The lowest BCUT2D eigenvalue weighted by Crippen LogP contribution is -2.49. The molecule has 2 unspecified atom stereocenters. The quantitative estimate of drug-likeness (QED) is 0.908. The Hall–Kier alpha value is -2.05. The van der Waals surface area contributed by atoms with Crippen molar-refractivity contribution in [3.05, 3.63) is 54.1 Å². The predicted molar refractivity (Wildman–Crippen MR) is 101 cm³/mol. The second-order valence-electron chi connectivity index (χ2n) is 6.56. The van der Waals surface area contributed by atoms with Crippen LogP contribution in [0.1, 0.15) is 19.4 Å². The summed E-state index contributed by atoms with van der Waals surface area (Å²) in [6.45, 7) is 7.45. The maximum absolute atomic E-state index is 12.6. The third-order valence-electron chi connectivity index (χ3n) is 4.47. The lowest BCUT2D eigenvalue weighted by molar-refractivity contribution is 0.0757. The molecule has 0 radical (unpaired) electrons. The molecule has 0 aromatic heterocycles. The fraction of sp³-hybridized carbons (Fsp3) is 0.368. The van der Waals surface area contributed by atoms with Gasteiger partial charge in [0, 0.05) is 23.5 Å². The van der Waals surface area contributed by atoms with Crippen LogP contribution in [0.2, 0.25) is 0 Å². The van der Waals surface area contributed by atoms with E-state index in [4.69, 9.17) is 4.74 Å². The highest BCUT2D eigenvalue weighted by Gasteiger charge is 2.25. The molecule has 0 bridgehead atoms. The summed E-state index contributed by atoms with van der Waals surface area (Å²) in [5.41, 5.74) is 2.35. The molecule has 3 rings (SSSR count). The number of anilines is 2. The summed E-state index contributed by atoms with van der Waals surface area (Å²) in [6, 6.07) is 15.1. The molecule has 0 amide bonds. The average Bonchev–Trinajstić information content (AvgIpc) is 2.56. The Labute approximate surface area is 149 Å². The van der Waals surface area contributed by atoms with Crippen molar-refractivity contribution in [2.24, 2.45) is 0 Å². The molecule has 1 saturated heterocycles. The van der Waals surface area contributed by atoms with Gasteiger partial charge in [0.15, 0.2) is 0 Å². The molecule has 134 valence electrons. The van der Waals surface area contributed by atoms with Crippen LogP contribution in [0.25, 0.3) is 0 Å². The van der Waals surface area contributed by atoms with Gasteiger partial charge in [-0.05, 0) is 56.7 Å². The standard InChI is InChI=1S/C19H24N2O3S/c1-14-6-4-5-7-19(14)25(22,23)20-17-8-10-18(11-9-17)21-15(2)12-24-13-16(21)3/h4-11,15-16,20H,12-13H2,1-3H3. The fourth-order valence-electron chi connectivity index (χ4n) is 3.28. The zero-order valence-corrected chi connectivity index (χ0v) is 15.6. The number of rotatable bonds is 4. The molecule has 25 heavy (non-hydrogen) atoms. The zero-order chi connectivity index (χ0) is 18.0. The molecule has 5 nitrogen and oxygen atoms in total. The lowest BCUT2D eigenvalue weighted by atomic mass is 10.1. The predicted octanol–water partition coefficient (Wildman–Crippen LogP) is 3.41. The molecule has 6 heteroatoms. The van der Waals surface area contributed by atoms with Crippen LogP contribution in [-0.2, 0) is 14.8 Å². The summed E-state index contributed by atoms with van der Waals surface area (Å²) in [5, 5.41) is 0.